The molecular weight excluding hydrogens is 322 g/mol. The summed E-state index contributed by atoms with van der Waals surface area (Å²) >= 11 is 1.65. The molecule has 0 bridgehead atoms. The Hall–Kier alpha value is -1.86. The first-order valence-electron chi connectivity index (χ1n) is 8.27. The molecule has 24 heavy (non-hydrogen) atoms. The summed E-state index contributed by atoms with van der Waals surface area (Å²) in [6.07, 6.45) is 9.55. The fraction of sp³-hybridized carbons (Fsp3) is 0.471. The monoisotopic (exact) mass is 345 g/mol. The maximum Gasteiger partial charge on any atom is 0.242 e. The minimum Gasteiger partial charge on any atom is -0.354 e. The molecule has 1 aliphatic rings. The van der Waals surface area contributed by atoms with E-state index >= 15 is 0 Å². The summed E-state index contributed by atoms with van der Waals surface area (Å²) in [5.74, 6) is 0.862. The molecule has 2 aromatic heterocycles. The number of nitrogens with zero attached hydrogens (tertiary/aromatic N) is 4. The minimum atomic E-state index is -0.237. The Morgan fingerprint density at radius 2 is 2.21 bits per heavy atom. The highest BCUT2D eigenvalue weighted by Gasteiger charge is 2.29. The number of thioether (sulfide) groups is 1. The van der Waals surface area contributed by atoms with E-state index < -0.39 is 0 Å². The fourth-order valence-corrected chi connectivity index (χ4v) is 3.76. The summed E-state index contributed by atoms with van der Waals surface area (Å²) in [5.41, 5.74) is 0.966. The van der Waals surface area contributed by atoms with Crippen molar-refractivity contribution in [1.29, 1.82) is 0 Å². The van der Waals surface area contributed by atoms with E-state index in [1.54, 1.807) is 30.4 Å². The highest BCUT2D eigenvalue weighted by atomic mass is 32.2. The summed E-state index contributed by atoms with van der Waals surface area (Å²) in [4.78, 5) is 23.4. The third kappa shape index (κ3) is 4.15. The zero-order valence-corrected chi connectivity index (χ0v) is 14.7. The fourth-order valence-electron chi connectivity index (χ4n) is 2.97. The lowest BCUT2D eigenvalue weighted by Crippen LogP contribution is -2.40. The van der Waals surface area contributed by atoms with E-state index in [1.807, 2.05) is 29.9 Å². The average Bonchev–Trinajstić information content (AvgIpc) is 3.25. The van der Waals surface area contributed by atoms with E-state index in [-0.39, 0.29) is 11.9 Å². The van der Waals surface area contributed by atoms with Gasteiger partial charge in [0.1, 0.15) is 6.04 Å². The first-order valence-corrected chi connectivity index (χ1v) is 9.26. The Bertz CT molecular complexity index is 654. The van der Waals surface area contributed by atoms with Gasteiger partial charge in [-0.05, 0) is 37.6 Å². The van der Waals surface area contributed by atoms with Gasteiger partial charge in [0.15, 0.2) is 5.16 Å². The van der Waals surface area contributed by atoms with Gasteiger partial charge in [-0.3, -0.25) is 14.7 Å². The summed E-state index contributed by atoms with van der Waals surface area (Å²) in [6, 6.07) is 3.64. The SMILES string of the molecule is Cn1ccnc1SCCNC(=O)[C@H](c1cccnc1)N1CCCC1. The Kier molecular flexibility index (Phi) is 5.87. The Balaban J connectivity index is 1.56. The van der Waals surface area contributed by atoms with Gasteiger partial charge in [0.2, 0.25) is 5.91 Å². The van der Waals surface area contributed by atoms with Crippen molar-refractivity contribution in [1.82, 2.24) is 24.8 Å². The van der Waals surface area contributed by atoms with Crippen LogP contribution in [0.5, 0.6) is 0 Å². The maximum absolute atomic E-state index is 12.7. The van der Waals surface area contributed by atoms with Crippen molar-refractivity contribution in [2.24, 2.45) is 7.05 Å². The van der Waals surface area contributed by atoms with Crippen LogP contribution in [0.25, 0.3) is 0 Å². The van der Waals surface area contributed by atoms with Crippen molar-refractivity contribution in [2.45, 2.75) is 24.0 Å². The molecule has 6 nitrogen and oxygen atoms in total. The first-order chi connectivity index (χ1) is 11.8. The second-order valence-corrected chi connectivity index (χ2v) is 6.95. The maximum atomic E-state index is 12.7. The van der Waals surface area contributed by atoms with Crippen molar-refractivity contribution in [3.63, 3.8) is 0 Å². The zero-order valence-electron chi connectivity index (χ0n) is 13.9. The van der Waals surface area contributed by atoms with Gasteiger partial charge in [0, 0.05) is 44.1 Å². The highest BCUT2D eigenvalue weighted by Crippen LogP contribution is 2.24. The average molecular weight is 345 g/mol. The number of hydrogen-bond acceptors (Lipinski definition) is 5. The third-order valence-corrected chi connectivity index (χ3v) is 5.22. The van der Waals surface area contributed by atoms with Gasteiger partial charge in [-0.2, -0.15) is 0 Å². The normalized spacial score (nSPS) is 16.2. The first kappa shape index (κ1) is 17.0. The molecule has 1 atom stereocenters. The molecule has 0 aliphatic carbocycles. The second kappa shape index (κ2) is 8.30. The standard InChI is InChI=1S/C17H23N5OS/c1-21-11-7-20-17(21)24-12-8-19-16(23)15(22-9-2-3-10-22)14-5-4-6-18-13-14/h4-7,11,13,15H,2-3,8-10,12H2,1H3,(H,19,23)/t15-/m0/s1. The van der Waals surface area contributed by atoms with Crippen LogP contribution >= 0.6 is 11.8 Å². The number of amides is 1. The van der Waals surface area contributed by atoms with Crippen LogP contribution in [0, 0.1) is 0 Å². The molecule has 1 amide bonds. The Morgan fingerprint density at radius 3 is 2.88 bits per heavy atom. The molecule has 7 heteroatoms. The lowest BCUT2D eigenvalue weighted by molar-refractivity contribution is -0.126. The van der Waals surface area contributed by atoms with E-state index in [0.717, 1.165) is 42.4 Å². The van der Waals surface area contributed by atoms with Crippen LogP contribution in [0.15, 0.2) is 42.1 Å². The van der Waals surface area contributed by atoms with Crippen molar-refractivity contribution in [3.05, 3.63) is 42.5 Å². The molecule has 3 heterocycles. The number of nitrogens with one attached hydrogen (secondary N) is 1. The molecule has 2 aromatic rings. The lowest BCUT2D eigenvalue weighted by Gasteiger charge is -2.26. The molecule has 0 aromatic carbocycles. The van der Waals surface area contributed by atoms with Crippen molar-refractivity contribution < 1.29 is 4.79 Å². The van der Waals surface area contributed by atoms with Crippen molar-refractivity contribution in [2.75, 3.05) is 25.4 Å². The summed E-state index contributed by atoms with van der Waals surface area (Å²) in [7, 11) is 1.97. The number of pyridine rings is 1. The van der Waals surface area contributed by atoms with Gasteiger partial charge in [-0.25, -0.2) is 4.98 Å². The quantitative estimate of drug-likeness (QED) is 0.613. The Morgan fingerprint density at radius 1 is 1.38 bits per heavy atom. The van der Waals surface area contributed by atoms with Gasteiger partial charge in [0.25, 0.3) is 0 Å². The molecule has 0 saturated carbocycles. The summed E-state index contributed by atoms with van der Waals surface area (Å²) in [6.45, 7) is 2.56. The zero-order chi connectivity index (χ0) is 16.8. The molecule has 3 rings (SSSR count). The van der Waals surface area contributed by atoms with E-state index in [0.29, 0.717) is 6.54 Å². The second-order valence-electron chi connectivity index (χ2n) is 5.89. The lowest BCUT2D eigenvalue weighted by atomic mass is 10.1. The van der Waals surface area contributed by atoms with Gasteiger partial charge in [-0.15, -0.1) is 0 Å². The van der Waals surface area contributed by atoms with E-state index in [9.17, 15) is 4.79 Å². The molecule has 0 radical (unpaired) electrons. The predicted molar refractivity (Wildman–Crippen MR) is 94.7 cm³/mol. The number of rotatable bonds is 7. The molecule has 1 N–H and O–H groups in total. The molecular formula is C17H23N5OS. The van der Waals surface area contributed by atoms with Crippen LogP contribution in [0.1, 0.15) is 24.4 Å². The minimum absolute atomic E-state index is 0.0605. The van der Waals surface area contributed by atoms with Crippen LogP contribution in [-0.2, 0) is 11.8 Å². The molecule has 1 aliphatic heterocycles. The topological polar surface area (TPSA) is 63.1 Å². The van der Waals surface area contributed by atoms with Crippen LogP contribution < -0.4 is 5.32 Å². The molecule has 0 unspecified atom stereocenters. The number of carbonyl (C=O) groups is 1. The number of aromatic nitrogens is 3. The largest absolute Gasteiger partial charge is 0.354 e. The Labute approximate surface area is 146 Å². The third-order valence-electron chi connectivity index (χ3n) is 4.16. The van der Waals surface area contributed by atoms with Crippen LogP contribution in [-0.4, -0.2) is 50.7 Å². The summed E-state index contributed by atoms with van der Waals surface area (Å²) < 4.78 is 1.98. The number of imidazole rings is 1. The number of likely N-dealkylation sites (tertiary alicyclic amines) is 1. The highest BCUT2D eigenvalue weighted by molar-refractivity contribution is 7.99. The van der Waals surface area contributed by atoms with E-state index in [1.165, 1.54) is 0 Å². The van der Waals surface area contributed by atoms with Gasteiger partial charge in [-0.1, -0.05) is 17.8 Å². The van der Waals surface area contributed by atoms with Crippen molar-refractivity contribution >= 4 is 17.7 Å². The van der Waals surface area contributed by atoms with Gasteiger partial charge < -0.3 is 9.88 Å². The number of hydrogen-bond donors (Lipinski definition) is 1. The molecule has 0 spiro atoms. The molecule has 1 fully saturated rings. The van der Waals surface area contributed by atoms with Crippen LogP contribution in [0.4, 0.5) is 0 Å². The van der Waals surface area contributed by atoms with Crippen molar-refractivity contribution in [3.8, 4) is 0 Å². The molecule has 128 valence electrons. The number of aryl methyl sites for hydroxylation is 1. The smallest absolute Gasteiger partial charge is 0.242 e. The number of carbonyl (C=O) groups excluding carboxylic acids is 1. The van der Waals surface area contributed by atoms with Crippen LogP contribution in [0.2, 0.25) is 0 Å². The van der Waals surface area contributed by atoms with Gasteiger partial charge in [0.05, 0.1) is 0 Å². The van der Waals surface area contributed by atoms with E-state index in [2.05, 4.69) is 20.2 Å². The molecule has 1 saturated heterocycles. The van der Waals surface area contributed by atoms with Crippen LogP contribution in [0.3, 0.4) is 0 Å². The predicted octanol–water partition coefficient (Wildman–Crippen LogP) is 1.86. The van der Waals surface area contributed by atoms with E-state index in [4.69, 9.17) is 0 Å². The summed E-state index contributed by atoms with van der Waals surface area (Å²) in [5, 5.41) is 4.04. The van der Waals surface area contributed by atoms with Gasteiger partial charge >= 0.3 is 0 Å².